The Hall–Kier alpha value is -0.860. The van der Waals surface area contributed by atoms with Gasteiger partial charge in [0.05, 0.1) is 0 Å². The van der Waals surface area contributed by atoms with E-state index in [1.807, 2.05) is 0 Å². The normalized spacial score (nSPS) is 19.7. The maximum absolute atomic E-state index is 3.54. The fourth-order valence-electron chi connectivity index (χ4n) is 2.80. The number of nitrogens with zero attached hydrogens (tertiary/aromatic N) is 1. The zero-order valence-electron chi connectivity index (χ0n) is 11.2. The number of benzene rings is 1. The van der Waals surface area contributed by atoms with E-state index in [4.69, 9.17) is 0 Å². The van der Waals surface area contributed by atoms with Crippen molar-refractivity contribution in [3.8, 4) is 0 Å². The summed E-state index contributed by atoms with van der Waals surface area (Å²) >= 11 is 0. The van der Waals surface area contributed by atoms with E-state index in [-0.39, 0.29) is 0 Å². The molecule has 0 amide bonds. The molecule has 2 rings (SSSR count). The third-order valence-corrected chi connectivity index (χ3v) is 3.61. The topological polar surface area (TPSA) is 15.3 Å². The van der Waals surface area contributed by atoms with Gasteiger partial charge in [-0.25, -0.2) is 0 Å². The third kappa shape index (κ3) is 2.70. The van der Waals surface area contributed by atoms with Gasteiger partial charge in [-0.1, -0.05) is 31.2 Å². The molecule has 2 nitrogen and oxygen atoms in total. The zero-order valence-corrected chi connectivity index (χ0v) is 11.2. The summed E-state index contributed by atoms with van der Waals surface area (Å²) in [5.74, 6) is 0. The molecule has 0 aliphatic carbocycles. The van der Waals surface area contributed by atoms with Crippen molar-refractivity contribution in [2.24, 2.45) is 0 Å². The van der Waals surface area contributed by atoms with E-state index in [0.717, 1.165) is 13.1 Å². The van der Waals surface area contributed by atoms with Gasteiger partial charge in [-0.05, 0) is 37.9 Å². The molecule has 0 saturated heterocycles. The van der Waals surface area contributed by atoms with Crippen LogP contribution in [0.5, 0.6) is 0 Å². The first-order chi connectivity index (χ1) is 8.24. The average Bonchev–Trinajstić information content (AvgIpc) is 2.35. The lowest BCUT2D eigenvalue weighted by molar-refractivity contribution is 0.144. The van der Waals surface area contributed by atoms with E-state index in [1.165, 1.54) is 24.1 Å². The second-order valence-electron chi connectivity index (χ2n) is 5.18. The van der Waals surface area contributed by atoms with Gasteiger partial charge in [0.15, 0.2) is 0 Å². The van der Waals surface area contributed by atoms with Gasteiger partial charge < -0.3 is 5.32 Å². The summed E-state index contributed by atoms with van der Waals surface area (Å²) in [4.78, 5) is 2.62. The lowest BCUT2D eigenvalue weighted by atomic mass is 9.94. The molecule has 0 fully saturated rings. The van der Waals surface area contributed by atoms with Crippen LogP contribution >= 0.6 is 0 Å². The first-order valence-electron chi connectivity index (χ1n) is 6.78. The summed E-state index contributed by atoms with van der Waals surface area (Å²) in [5.41, 5.74) is 2.99. The highest BCUT2D eigenvalue weighted by atomic mass is 15.2. The van der Waals surface area contributed by atoms with E-state index in [9.17, 15) is 0 Å². The highest BCUT2D eigenvalue weighted by Crippen LogP contribution is 2.28. The van der Waals surface area contributed by atoms with Gasteiger partial charge >= 0.3 is 0 Å². The van der Waals surface area contributed by atoms with Gasteiger partial charge in [-0.15, -0.1) is 0 Å². The molecule has 1 N–H and O–H groups in total. The fourth-order valence-corrected chi connectivity index (χ4v) is 2.80. The highest BCUT2D eigenvalue weighted by molar-refractivity contribution is 5.32. The Labute approximate surface area is 105 Å². The fraction of sp³-hybridized carbons (Fsp3) is 0.600. The Morgan fingerprint density at radius 1 is 1.35 bits per heavy atom. The van der Waals surface area contributed by atoms with Crippen LogP contribution in [0.1, 0.15) is 44.4 Å². The summed E-state index contributed by atoms with van der Waals surface area (Å²) in [5, 5.41) is 3.54. The predicted octanol–water partition coefficient (Wildman–Crippen LogP) is 2.95. The molecule has 1 unspecified atom stereocenters. The predicted molar refractivity (Wildman–Crippen MR) is 73.0 cm³/mol. The van der Waals surface area contributed by atoms with Crippen molar-refractivity contribution >= 4 is 0 Å². The Morgan fingerprint density at radius 2 is 2.12 bits per heavy atom. The van der Waals surface area contributed by atoms with Crippen LogP contribution < -0.4 is 5.32 Å². The van der Waals surface area contributed by atoms with Crippen molar-refractivity contribution in [3.63, 3.8) is 0 Å². The molecule has 1 aromatic rings. The molecule has 1 heterocycles. The van der Waals surface area contributed by atoms with Crippen molar-refractivity contribution < 1.29 is 0 Å². The minimum atomic E-state index is 0.542. The maximum atomic E-state index is 3.54. The third-order valence-electron chi connectivity index (χ3n) is 3.61. The number of rotatable bonds is 4. The monoisotopic (exact) mass is 232 g/mol. The summed E-state index contributed by atoms with van der Waals surface area (Å²) in [6, 6.07) is 10.0. The van der Waals surface area contributed by atoms with Crippen LogP contribution in [-0.2, 0) is 6.54 Å². The molecule has 1 aromatic carbocycles. The van der Waals surface area contributed by atoms with Crippen molar-refractivity contribution in [3.05, 3.63) is 35.4 Å². The molecule has 0 radical (unpaired) electrons. The summed E-state index contributed by atoms with van der Waals surface area (Å²) in [7, 11) is 0. The van der Waals surface area contributed by atoms with Crippen molar-refractivity contribution in [2.45, 2.75) is 45.8 Å². The lowest BCUT2D eigenvalue weighted by Gasteiger charge is -2.38. The molecule has 0 aromatic heterocycles. The molecule has 1 aliphatic rings. The van der Waals surface area contributed by atoms with Crippen LogP contribution in [0.3, 0.4) is 0 Å². The van der Waals surface area contributed by atoms with Crippen LogP contribution in [0.25, 0.3) is 0 Å². The largest absolute Gasteiger partial charge is 0.311 e. The minimum Gasteiger partial charge on any atom is -0.311 e. The standard InChI is InChI=1S/C15H24N2/c1-4-9-17(12(2)3)15-11-16-10-13-7-5-6-8-14(13)15/h5-8,12,15-16H,4,9-11H2,1-3H3. The van der Waals surface area contributed by atoms with Crippen LogP contribution in [0.4, 0.5) is 0 Å². The highest BCUT2D eigenvalue weighted by Gasteiger charge is 2.26. The minimum absolute atomic E-state index is 0.542. The Morgan fingerprint density at radius 3 is 2.82 bits per heavy atom. The smallest absolute Gasteiger partial charge is 0.0478 e. The van der Waals surface area contributed by atoms with Crippen LogP contribution in [0, 0.1) is 0 Å². The van der Waals surface area contributed by atoms with Crippen LogP contribution in [0.2, 0.25) is 0 Å². The number of hydrogen-bond donors (Lipinski definition) is 1. The van der Waals surface area contributed by atoms with E-state index in [0.29, 0.717) is 12.1 Å². The van der Waals surface area contributed by atoms with Gasteiger partial charge in [-0.3, -0.25) is 4.90 Å². The number of nitrogens with one attached hydrogen (secondary N) is 1. The van der Waals surface area contributed by atoms with Crippen LogP contribution in [-0.4, -0.2) is 24.0 Å². The molecule has 0 saturated carbocycles. The second kappa shape index (κ2) is 5.65. The Balaban J connectivity index is 2.27. The number of hydrogen-bond acceptors (Lipinski definition) is 2. The molecule has 2 heteroatoms. The van der Waals surface area contributed by atoms with Crippen molar-refractivity contribution in [2.75, 3.05) is 13.1 Å². The van der Waals surface area contributed by atoms with E-state index in [1.54, 1.807) is 0 Å². The van der Waals surface area contributed by atoms with Gasteiger partial charge in [0, 0.05) is 25.2 Å². The van der Waals surface area contributed by atoms with Gasteiger partial charge in [-0.2, -0.15) is 0 Å². The van der Waals surface area contributed by atoms with Gasteiger partial charge in [0.1, 0.15) is 0 Å². The lowest BCUT2D eigenvalue weighted by Crippen LogP contribution is -2.43. The molecular formula is C15H24N2. The van der Waals surface area contributed by atoms with E-state index < -0.39 is 0 Å². The zero-order chi connectivity index (χ0) is 12.3. The molecule has 0 spiro atoms. The van der Waals surface area contributed by atoms with Crippen molar-refractivity contribution in [1.82, 2.24) is 10.2 Å². The molecule has 0 bridgehead atoms. The van der Waals surface area contributed by atoms with E-state index in [2.05, 4.69) is 55.3 Å². The van der Waals surface area contributed by atoms with Gasteiger partial charge in [0.25, 0.3) is 0 Å². The summed E-state index contributed by atoms with van der Waals surface area (Å²) < 4.78 is 0. The first kappa shape index (κ1) is 12.6. The summed E-state index contributed by atoms with van der Waals surface area (Å²) in [6.45, 7) is 10.1. The molecule has 17 heavy (non-hydrogen) atoms. The Kier molecular flexibility index (Phi) is 4.19. The SMILES string of the molecule is CCCN(C(C)C)C1CNCc2ccccc21. The van der Waals surface area contributed by atoms with Crippen molar-refractivity contribution in [1.29, 1.82) is 0 Å². The first-order valence-corrected chi connectivity index (χ1v) is 6.78. The number of fused-ring (bicyclic) bond motifs is 1. The maximum Gasteiger partial charge on any atom is 0.0478 e. The molecule has 94 valence electrons. The van der Waals surface area contributed by atoms with Crippen LogP contribution in [0.15, 0.2) is 24.3 Å². The molecule has 1 atom stereocenters. The van der Waals surface area contributed by atoms with Gasteiger partial charge in [0.2, 0.25) is 0 Å². The molecular weight excluding hydrogens is 208 g/mol. The van der Waals surface area contributed by atoms with E-state index >= 15 is 0 Å². The summed E-state index contributed by atoms with van der Waals surface area (Å²) in [6.07, 6.45) is 1.22. The Bertz CT molecular complexity index is 360. The molecule has 1 aliphatic heterocycles. The quantitative estimate of drug-likeness (QED) is 0.858. The second-order valence-corrected chi connectivity index (χ2v) is 5.18. The average molecular weight is 232 g/mol.